The van der Waals surface area contributed by atoms with Crippen molar-refractivity contribution in [1.29, 1.82) is 0 Å². The van der Waals surface area contributed by atoms with E-state index in [9.17, 15) is 8.42 Å². The van der Waals surface area contributed by atoms with Gasteiger partial charge in [0.1, 0.15) is 0 Å². The summed E-state index contributed by atoms with van der Waals surface area (Å²) in [5.41, 5.74) is 0.975. The van der Waals surface area contributed by atoms with Crippen molar-refractivity contribution in [1.82, 2.24) is 0 Å². The molecule has 0 N–H and O–H groups in total. The topological polar surface area (TPSA) is 52.6 Å². The highest BCUT2D eigenvalue weighted by Crippen LogP contribution is 2.49. The van der Waals surface area contributed by atoms with Crippen molar-refractivity contribution in [3.05, 3.63) is 53.0 Å². The molecule has 1 fully saturated rings. The summed E-state index contributed by atoms with van der Waals surface area (Å²) in [5.74, 6) is 0.220. The summed E-state index contributed by atoms with van der Waals surface area (Å²) in [6.07, 6.45) is 5.26. The average molecular weight is 318 g/mol. The minimum absolute atomic E-state index is 0.00612. The summed E-state index contributed by atoms with van der Waals surface area (Å²) < 4.78 is 37.1. The predicted octanol–water partition coefficient (Wildman–Crippen LogP) is 2.68. The van der Waals surface area contributed by atoms with Gasteiger partial charge in [0.25, 0.3) is 0 Å². The Morgan fingerprint density at radius 2 is 1.68 bits per heavy atom. The van der Waals surface area contributed by atoms with Crippen LogP contribution in [0.1, 0.15) is 12.8 Å². The quantitative estimate of drug-likeness (QED) is 0.801. The van der Waals surface area contributed by atoms with Crippen molar-refractivity contribution in [2.75, 3.05) is 13.2 Å². The summed E-state index contributed by atoms with van der Waals surface area (Å²) >= 11 is 0. The number of ether oxygens (including phenoxy) is 2. The van der Waals surface area contributed by atoms with Gasteiger partial charge in [0.05, 0.1) is 23.0 Å². The molecule has 0 radical (unpaired) electrons. The molecule has 0 saturated carbocycles. The summed E-state index contributed by atoms with van der Waals surface area (Å²) in [7, 11) is -3.44. The molecule has 4 nitrogen and oxygen atoms in total. The lowest BCUT2D eigenvalue weighted by molar-refractivity contribution is -0.0408. The molecular weight excluding hydrogens is 300 g/mol. The van der Waals surface area contributed by atoms with Crippen LogP contribution in [0.15, 0.2) is 57.9 Å². The maximum absolute atomic E-state index is 13.0. The van der Waals surface area contributed by atoms with Crippen LogP contribution in [0, 0.1) is 11.8 Å². The maximum Gasteiger partial charge on any atom is 0.203 e. The van der Waals surface area contributed by atoms with Crippen molar-refractivity contribution in [2.24, 2.45) is 11.8 Å². The van der Waals surface area contributed by atoms with Crippen molar-refractivity contribution < 1.29 is 17.9 Å². The van der Waals surface area contributed by atoms with E-state index in [0.717, 1.165) is 12.0 Å². The zero-order valence-electron chi connectivity index (χ0n) is 12.1. The molecule has 0 amide bonds. The standard InChI is InChI=1S/C17H18O4S/c18-22(19,14-4-2-1-3-5-14)17-13-7-6-12(10-13)15(17)11-16-20-8-9-21-16/h1-7,12-13,16H,8-11H2. The number of hydrogen-bond acceptors (Lipinski definition) is 4. The second-order valence-corrected chi connectivity index (χ2v) is 7.83. The van der Waals surface area contributed by atoms with Gasteiger partial charge >= 0.3 is 0 Å². The molecule has 0 aromatic heterocycles. The van der Waals surface area contributed by atoms with Crippen LogP contribution in [0.25, 0.3) is 0 Å². The van der Waals surface area contributed by atoms with Gasteiger partial charge in [-0.25, -0.2) is 8.42 Å². The number of benzene rings is 1. The van der Waals surface area contributed by atoms with Crippen LogP contribution in [-0.4, -0.2) is 27.9 Å². The third-order valence-electron chi connectivity index (χ3n) is 4.60. The van der Waals surface area contributed by atoms with E-state index in [0.29, 0.717) is 29.4 Å². The average Bonchev–Trinajstić information content (AvgIpc) is 3.25. The summed E-state index contributed by atoms with van der Waals surface area (Å²) in [6.45, 7) is 1.17. The molecule has 1 aromatic rings. The van der Waals surface area contributed by atoms with Crippen LogP contribution < -0.4 is 0 Å². The molecule has 2 atom stereocenters. The van der Waals surface area contributed by atoms with Crippen LogP contribution in [0.2, 0.25) is 0 Å². The van der Waals surface area contributed by atoms with E-state index < -0.39 is 9.84 Å². The summed E-state index contributed by atoms with van der Waals surface area (Å²) in [6, 6.07) is 8.68. The first kappa shape index (κ1) is 14.2. The Balaban J connectivity index is 1.74. The van der Waals surface area contributed by atoms with Gasteiger partial charge in [-0.05, 0) is 24.1 Å². The van der Waals surface area contributed by atoms with Gasteiger partial charge in [0, 0.05) is 18.3 Å². The van der Waals surface area contributed by atoms with Gasteiger partial charge in [-0.1, -0.05) is 30.4 Å². The van der Waals surface area contributed by atoms with Gasteiger partial charge in [-0.15, -0.1) is 0 Å². The van der Waals surface area contributed by atoms with Gasteiger partial charge < -0.3 is 9.47 Å². The minimum Gasteiger partial charge on any atom is -0.350 e. The lowest BCUT2D eigenvalue weighted by Gasteiger charge is -2.19. The third-order valence-corrected chi connectivity index (χ3v) is 6.64. The zero-order chi connectivity index (χ0) is 15.2. The molecule has 4 rings (SSSR count). The highest BCUT2D eigenvalue weighted by molar-refractivity contribution is 7.95. The van der Waals surface area contributed by atoms with Crippen molar-refractivity contribution in [3.8, 4) is 0 Å². The van der Waals surface area contributed by atoms with Gasteiger partial charge in [-0.3, -0.25) is 0 Å². The molecular formula is C17H18O4S. The Morgan fingerprint density at radius 1 is 1.00 bits per heavy atom. The SMILES string of the molecule is O=S(=O)(C1=C(CC2OCCO2)C2C=CC1C2)c1ccccc1. The van der Waals surface area contributed by atoms with Crippen LogP contribution >= 0.6 is 0 Å². The zero-order valence-corrected chi connectivity index (χ0v) is 13.0. The Morgan fingerprint density at radius 3 is 2.41 bits per heavy atom. The van der Waals surface area contributed by atoms with Crippen LogP contribution in [0.4, 0.5) is 0 Å². The lowest BCUT2D eigenvalue weighted by Crippen LogP contribution is -2.16. The summed E-state index contributed by atoms with van der Waals surface area (Å²) in [5, 5.41) is 0. The molecule has 1 aliphatic heterocycles. The molecule has 1 aromatic carbocycles. The van der Waals surface area contributed by atoms with Gasteiger partial charge in [0.2, 0.25) is 9.84 Å². The highest BCUT2D eigenvalue weighted by Gasteiger charge is 2.42. The fraction of sp³-hybridized carbons (Fsp3) is 0.412. The van der Waals surface area contributed by atoms with E-state index >= 15 is 0 Å². The fourth-order valence-corrected chi connectivity index (χ4v) is 5.55. The van der Waals surface area contributed by atoms with E-state index in [4.69, 9.17) is 9.47 Å². The normalized spacial score (nSPS) is 28.0. The van der Waals surface area contributed by atoms with Gasteiger partial charge in [0.15, 0.2) is 6.29 Å². The van der Waals surface area contributed by atoms with E-state index in [-0.39, 0.29) is 18.1 Å². The van der Waals surface area contributed by atoms with Crippen molar-refractivity contribution >= 4 is 9.84 Å². The minimum atomic E-state index is -3.44. The van der Waals surface area contributed by atoms with E-state index in [1.54, 1.807) is 24.3 Å². The lowest BCUT2D eigenvalue weighted by atomic mass is 10.00. The number of sulfone groups is 1. The fourth-order valence-electron chi connectivity index (χ4n) is 3.63. The molecule has 5 heteroatoms. The molecule has 1 heterocycles. The molecule has 1 saturated heterocycles. The molecule has 2 aliphatic carbocycles. The third kappa shape index (κ3) is 2.24. The molecule has 3 aliphatic rings. The highest BCUT2D eigenvalue weighted by atomic mass is 32.2. The molecule has 2 bridgehead atoms. The molecule has 2 unspecified atom stereocenters. The smallest absolute Gasteiger partial charge is 0.203 e. The van der Waals surface area contributed by atoms with Crippen molar-refractivity contribution in [2.45, 2.75) is 24.0 Å². The maximum atomic E-state index is 13.0. The van der Waals surface area contributed by atoms with E-state index in [2.05, 4.69) is 6.08 Å². The molecule has 116 valence electrons. The molecule has 0 spiro atoms. The Kier molecular flexibility index (Phi) is 3.44. The summed E-state index contributed by atoms with van der Waals surface area (Å²) in [4.78, 5) is 0.946. The first-order valence-electron chi connectivity index (χ1n) is 7.61. The first-order valence-corrected chi connectivity index (χ1v) is 9.09. The van der Waals surface area contributed by atoms with Gasteiger partial charge in [-0.2, -0.15) is 0 Å². The molecule has 22 heavy (non-hydrogen) atoms. The number of hydrogen-bond donors (Lipinski definition) is 0. The number of fused-ring (bicyclic) bond motifs is 2. The van der Waals surface area contributed by atoms with Crippen molar-refractivity contribution in [3.63, 3.8) is 0 Å². The van der Waals surface area contributed by atoms with E-state index in [1.807, 2.05) is 12.1 Å². The second kappa shape index (κ2) is 5.33. The first-order chi connectivity index (χ1) is 10.7. The van der Waals surface area contributed by atoms with Crippen LogP contribution in [0.3, 0.4) is 0 Å². The Labute approximate surface area is 130 Å². The monoisotopic (exact) mass is 318 g/mol. The van der Waals surface area contributed by atoms with Crippen LogP contribution in [0.5, 0.6) is 0 Å². The number of rotatable bonds is 4. The van der Waals surface area contributed by atoms with Crippen LogP contribution in [-0.2, 0) is 19.3 Å². The van der Waals surface area contributed by atoms with E-state index in [1.165, 1.54) is 0 Å². The Bertz CT molecular complexity index is 727. The Hall–Kier alpha value is -1.43. The second-order valence-electron chi connectivity index (χ2n) is 5.91. The predicted molar refractivity (Wildman–Crippen MR) is 81.7 cm³/mol. The number of allylic oxidation sites excluding steroid dienone is 3. The largest absolute Gasteiger partial charge is 0.350 e.